The molecule has 3 nitrogen and oxygen atoms in total. The van der Waals surface area contributed by atoms with Crippen molar-refractivity contribution in [2.24, 2.45) is 0 Å². The van der Waals surface area contributed by atoms with E-state index in [4.69, 9.17) is 0 Å². The maximum absolute atomic E-state index is 4.35. The van der Waals surface area contributed by atoms with Crippen LogP contribution in [0.25, 0.3) is 0 Å². The van der Waals surface area contributed by atoms with E-state index in [0.29, 0.717) is 0 Å². The molecule has 2 rings (SSSR count). The maximum atomic E-state index is 4.35. The van der Waals surface area contributed by atoms with Crippen LogP contribution in [-0.2, 0) is 5.41 Å². The smallest absolute Gasteiger partial charge is 0.132 e. The second kappa shape index (κ2) is 3.80. The lowest BCUT2D eigenvalue weighted by Gasteiger charge is -2.21. The minimum atomic E-state index is 0.109. The number of hydrogen-bond donors (Lipinski definition) is 0. The van der Waals surface area contributed by atoms with Crippen molar-refractivity contribution in [3.63, 3.8) is 0 Å². The summed E-state index contributed by atoms with van der Waals surface area (Å²) in [6.07, 6.45) is 4.26. The van der Waals surface area contributed by atoms with Crippen molar-refractivity contribution in [1.29, 1.82) is 0 Å². The number of rotatable bonds is 1. The predicted octanol–water partition coefficient (Wildman–Crippen LogP) is 2.37. The van der Waals surface area contributed by atoms with Crippen LogP contribution in [0.2, 0.25) is 0 Å². The Morgan fingerprint density at radius 1 is 1.13 bits per heavy atom. The molecule has 0 spiro atoms. The minimum absolute atomic E-state index is 0.109. The summed E-state index contributed by atoms with van der Waals surface area (Å²) >= 11 is 0. The lowest BCUT2D eigenvalue weighted by molar-refractivity contribution is 0.566. The van der Waals surface area contributed by atoms with Gasteiger partial charge < -0.3 is 4.90 Å². The standard InChI is InChI=1S/C12H19N3/c1-12(2,3)10-8-11(14-9-13-10)15-6-4-5-7-15/h8-9H,4-7H2,1-3H3. The highest BCUT2D eigenvalue weighted by atomic mass is 15.2. The van der Waals surface area contributed by atoms with Crippen LogP contribution in [0.3, 0.4) is 0 Å². The minimum Gasteiger partial charge on any atom is -0.357 e. The van der Waals surface area contributed by atoms with Gasteiger partial charge in [-0.15, -0.1) is 0 Å². The number of nitrogens with zero attached hydrogens (tertiary/aromatic N) is 3. The number of anilines is 1. The summed E-state index contributed by atoms with van der Waals surface area (Å²) in [7, 11) is 0. The van der Waals surface area contributed by atoms with E-state index in [1.807, 2.05) is 0 Å². The van der Waals surface area contributed by atoms with E-state index < -0.39 is 0 Å². The quantitative estimate of drug-likeness (QED) is 0.705. The third-order valence-electron chi connectivity index (χ3n) is 2.85. The van der Waals surface area contributed by atoms with Crippen LogP contribution >= 0.6 is 0 Å². The Balaban J connectivity index is 2.26. The van der Waals surface area contributed by atoms with Gasteiger partial charge in [0.1, 0.15) is 12.1 Å². The molecule has 0 amide bonds. The van der Waals surface area contributed by atoms with Crippen molar-refractivity contribution >= 4 is 5.82 Å². The van der Waals surface area contributed by atoms with E-state index in [1.165, 1.54) is 12.8 Å². The first-order chi connectivity index (χ1) is 7.07. The molecule has 1 aromatic heterocycles. The van der Waals surface area contributed by atoms with Gasteiger partial charge in [-0.2, -0.15) is 0 Å². The van der Waals surface area contributed by atoms with Gasteiger partial charge in [0.05, 0.1) is 5.69 Å². The summed E-state index contributed by atoms with van der Waals surface area (Å²) in [5.41, 5.74) is 1.23. The Kier molecular flexibility index (Phi) is 2.63. The average Bonchev–Trinajstić information content (AvgIpc) is 2.69. The van der Waals surface area contributed by atoms with Crippen molar-refractivity contribution in [1.82, 2.24) is 9.97 Å². The van der Waals surface area contributed by atoms with E-state index in [9.17, 15) is 0 Å². The van der Waals surface area contributed by atoms with Crippen LogP contribution in [0.15, 0.2) is 12.4 Å². The second-order valence-electron chi connectivity index (χ2n) is 5.21. The summed E-state index contributed by atoms with van der Waals surface area (Å²) < 4.78 is 0. The van der Waals surface area contributed by atoms with Gasteiger partial charge in [-0.25, -0.2) is 9.97 Å². The Hall–Kier alpha value is -1.12. The summed E-state index contributed by atoms with van der Waals surface area (Å²) in [6, 6.07) is 2.13. The van der Waals surface area contributed by atoms with E-state index in [-0.39, 0.29) is 5.41 Å². The van der Waals surface area contributed by atoms with Crippen LogP contribution in [0.5, 0.6) is 0 Å². The van der Waals surface area contributed by atoms with Crippen LogP contribution in [-0.4, -0.2) is 23.1 Å². The van der Waals surface area contributed by atoms with Gasteiger partial charge in [0.25, 0.3) is 0 Å². The monoisotopic (exact) mass is 205 g/mol. The number of aromatic nitrogens is 2. The molecule has 1 fully saturated rings. The van der Waals surface area contributed by atoms with Crippen LogP contribution in [0.1, 0.15) is 39.3 Å². The molecular weight excluding hydrogens is 186 g/mol. The average molecular weight is 205 g/mol. The zero-order chi connectivity index (χ0) is 10.9. The molecule has 15 heavy (non-hydrogen) atoms. The molecule has 1 aromatic rings. The van der Waals surface area contributed by atoms with E-state index in [2.05, 4.69) is 41.7 Å². The van der Waals surface area contributed by atoms with E-state index in [0.717, 1.165) is 24.6 Å². The van der Waals surface area contributed by atoms with Crippen molar-refractivity contribution < 1.29 is 0 Å². The van der Waals surface area contributed by atoms with Crippen molar-refractivity contribution in [3.8, 4) is 0 Å². The molecule has 0 aromatic carbocycles. The zero-order valence-corrected chi connectivity index (χ0v) is 9.82. The van der Waals surface area contributed by atoms with Crippen LogP contribution < -0.4 is 4.90 Å². The van der Waals surface area contributed by atoms with E-state index in [1.54, 1.807) is 6.33 Å². The Morgan fingerprint density at radius 2 is 1.80 bits per heavy atom. The molecule has 0 aliphatic carbocycles. The summed E-state index contributed by atoms with van der Waals surface area (Å²) in [4.78, 5) is 11.0. The Labute approximate surface area is 91.5 Å². The largest absolute Gasteiger partial charge is 0.357 e. The number of hydrogen-bond acceptors (Lipinski definition) is 3. The lowest BCUT2D eigenvalue weighted by Crippen LogP contribution is -2.21. The fraction of sp³-hybridized carbons (Fsp3) is 0.667. The molecule has 0 bridgehead atoms. The first-order valence-corrected chi connectivity index (χ1v) is 5.65. The van der Waals surface area contributed by atoms with Crippen LogP contribution in [0.4, 0.5) is 5.82 Å². The van der Waals surface area contributed by atoms with Crippen molar-refractivity contribution in [2.45, 2.75) is 39.0 Å². The lowest BCUT2D eigenvalue weighted by atomic mass is 9.92. The molecule has 0 unspecified atom stereocenters. The molecule has 0 radical (unpaired) electrons. The first-order valence-electron chi connectivity index (χ1n) is 5.65. The Morgan fingerprint density at radius 3 is 2.40 bits per heavy atom. The molecule has 82 valence electrons. The molecule has 3 heteroatoms. The molecule has 0 atom stereocenters. The molecule has 0 N–H and O–H groups in total. The van der Waals surface area contributed by atoms with Gasteiger partial charge in [0.15, 0.2) is 0 Å². The third-order valence-corrected chi connectivity index (χ3v) is 2.85. The van der Waals surface area contributed by atoms with E-state index >= 15 is 0 Å². The van der Waals surface area contributed by atoms with Crippen molar-refractivity contribution in [2.75, 3.05) is 18.0 Å². The van der Waals surface area contributed by atoms with Gasteiger partial charge in [-0.3, -0.25) is 0 Å². The second-order valence-corrected chi connectivity index (χ2v) is 5.21. The fourth-order valence-corrected chi connectivity index (χ4v) is 1.88. The topological polar surface area (TPSA) is 29.0 Å². The summed E-state index contributed by atoms with van der Waals surface area (Å²) in [5.74, 6) is 1.09. The predicted molar refractivity (Wildman–Crippen MR) is 62.2 cm³/mol. The molecular formula is C12H19N3. The molecule has 1 aliphatic heterocycles. The highest BCUT2D eigenvalue weighted by Gasteiger charge is 2.19. The SMILES string of the molecule is CC(C)(C)c1cc(N2CCCC2)ncn1. The van der Waals surface area contributed by atoms with Gasteiger partial charge in [0.2, 0.25) is 0 Å². The maximum Gasteiger partial charge on any atom is 0.132 e. The highest BCUT2D eigenvalue weighted by Crippen LogP contribution is 2.24. The molecule has 1 aliphatic rings. The summed E-state index contributed by atoms with van der Waals surface area (Å²) in [5, 5.41) is 0. The van der Waals surface area contributed by atoms with Gasteiger partial charge >= 0.3 is 0 Å². The summed E-state index contributed by atoms with van der Waals surface area (Å²) in [6.45, 7) is 8.83. The Bertz CT molecular complexity index is 335. The molecule has 1 saturated heterocycles. The fourth-order valence-electron chi connectivity index (χ4n) is 1.88. The van der Waals surface area contributed by atoms with Crippen molar-refractivity contribution in [3.05, 3.63) is 18.1 Å². The molecule has 2 heterocycles. The zero-order valence-electron chi connectivity index (χ0n) is 9.82. The highest BCUT2D eigenvalue weighted by molar-refractivity contribution is 5.41. The van der Waals surface area contributed by atoms with Gasteiger partial charge in [-0.1, -0.05) is 20.8 Å². The normalized spacial score (nSPS) is 17.1. The first kappa shape index (κ1) is 10.4. The van der Waals surface area contributed by atoms with Gasteiger partial charge in [-0.05, 0) is 12.8 Å². The third kappa shape index (κ3) is 2.28. The van der Waals surface area contributed by atoms with Crippen LogP contribution in [0, 0.1) is 0 Å². The molecule has 0 saturated carbocycles. The van der Waals surface area contributed by atoms with Gasteiger partial charge in [0, 0.05) is 24.6 Å².